The average Bonchev–Trinajstić information content (AvgIpc) is 2.11. The van der Waals surface area contributed by atoms with E-state index in [2.05, 4.69) is 10.6 Å². The summed E-state index contributed by atoms with van der Waals surface area (Å²) in [4.78, 5) is 11.2. The molecule has 1 saturated carbocycles. The van der Waals surface area contributed by atoms with Gasteiger partial charge in [-0.1, -0.05) is 6.42 Å². The molecule has 0 aromatic heterocycles. The first-order valence-electron chi connectivity index (χ1n) is 5.57. The number of carbonyl (C=O) groups excluding carboxylic acids is 1. The smallest absolute Gasteiger partial charge is 0.315 e. The molecule has 0 bridgehead atoms. The van der Waals surface area contributed by atoms with Crippen molar-refractivity contribution in [2.24, 2.45) is 5.73 Å². The highest BCUT2D eigenvalue weighted by atomic mass is 16.2. The summed E-state index contributed by atoms with van der Waals surface area (Å²) in [5.74, 6) is 0. The van der Waals surface area contributed by atoms with Crippen LogP contribution < -0.4 is 16.4 Å². The van der Waals surface area contributed by atoms with Gasteiger partial charge < -0.3 is 16.4 Å². The normalized spacial score (nSPS) is 16.1. The SMILES string of the molecule is NCCCCCNC(=O)NC1CCC1. The Kier molecular flexibility index (Phi) is 5.37. The Morgan fingerprint density at radius 3 is 2.64 bits per heavy atom. The second-order valence-corrected chi connectivity index (χ2v) is 3.88. The largest absolute Gasteiger partial charge is 0.338 e. The monoisotopic (exact) mass is 199 g/mol. The molecule has 0 atom stereocenters. The minimum atomic E-state index is -0.0116. The van der Waals surface area contributed by atoms with Gasteiger partial charge in [-0.15, -0.1) is 0 Å². The Labute approximate surface area is 85.6 Å². The fourth-order valence-electron chi connectivity index (χ4n) is 1.44. The molecule has 4 heteroatoms. The van der Waals surface area contributed by atoms with Gasteiger partial charge in [0.2, 0.25) is 0 Å². The van der Waals surface area contributed by atoms with E-state index < -0.39 is 0 Å². The highest BCUT2D eigenvalue weighted by Crippen LogP contribution is 2.17. The van der Waals surface area contributed by atoms with Crippen LogP contribution in [0, 0.1) is 0 Å². The van der Waals surface area contributed by atoms with Crippen LogP contribution in [-0.2, 0) is 0 Å². The van der Waals surface area contributed by atoms with Crippen molar-refractivity contribution in [3.63, 3.8) is 0 Å². The minimum absolute atomic E-state index is 0.0116. The molecule has 0 heterocycles. The van der Waals surface area contributed by atoms with Crippen molar-refractivity contribution in [1.82, 2.24) is 10.6 Å². The van der Waals surface area contributed by atoms with Crippen LogP contribution in [0.15, 0.2) is 0 Å². The molecule has 0 unspecified atom stereocenters. The van der Waals surface area contributed by atoms with Crippen LogP contribution in [0.25, 0.3) is 0 Å². The van der Waals surface area contributed by atoms with Crippen LogP contribution in [0.3, 0.4) is 0 Å². The molecule has 0 aromatic rings. The lowest BCUT2D eigenvalue weighted by Crippen LogP contribution is -2.45. The molecule has 82 valence electrons. The predicted octanol–water partition coefficient (Wildman–Crippen LogP) is 0.967. The molecule has 1 aliphatic rings. The van der Waals surface area contributed by atoms with E-state index in [-0.39, 0.29) is 6.03 Å². The van der Waals surface area contributed by atoms with Gasteiger partial charge in [0.05, 0.1) is 0 Å². The van der Waals surface area contributed by atoms with Gasteiger partial charge in [0, 0.05) is 12.6 Å². The lowest BCUT2D eigenvalue weighted by atomic mass is 9.93. The summed E-state index contributed by atoms with van der Waals surface area (Å²) in [6.07, 6.45) is 6.70. The molecule has 4 N–H and O–H groups in total. The van der Waals surface area contributed by atoms with Gasteiger partial charge in [-0.05, 0) is 38.6 Å². The Balaban J connectivity index is 1.87. The topological polar surface area (TPSA) is 67.1 Å². The van der Waals surface area contributed by atoms with Gasteiger partial charge in [-0.2, -0.15) is 0 Å². The standard InChI is InChI=1S/C10H21N3O/c11-7-2-1-3-8-12-10(14)13-9-5-4-6-9/h9H,1-8,11H2,(H2,12,13,14). The zero-order valence-corrected chi connectivity index (χ0v) is 8.72. The maximum Gasteiger partial charge on any atom is 0.315 e. The summed E-state index contributed by atoms with van der Waals surface area (Å²) >= 11 is 0. The third-order valence-electron chi connectivity index (χ3n) is 2.61. The summed E-state index contributed by atoms with van der Waals surface area (Å²) in [5, 5.41) is 5.78. The number of hydrogen-bond acceptors (Lipinski definition) is 2. The van der Waals surface area contributed by atoms with Crippen molar-refractivity contribution in [3.05, 3.63) is 0 Å². The highest BCUT2D eigenvalue weighted by molar-refractivity contribution is 5.74. The Morgan fingerprint density at radius 1 is 1.29 bits per heavy atom. The Hall–Kier alpha value is -0.770. The lowest BCUT2D eigenvalue weighted by molar-refractivity contribution is 0.228. The van der Waals surface area contributed by atoms with Gasteiger partial charge in [0.1, 0.15) is 0 Å². The van der Waals surface area contributed by atoms with E-state index in [1.807, 2.05) is 0 Å². The zero-order valence-electron chi connectivity index (χ0n) is 8.72. The van der Waals surface area contributed by atoms with Gasteiger partial charge in [0.25, 0.3) is 0 Å². The number of nitrogens with two attached hydrogens (primary N) is 1. The zero-order chi connectivity index (χ0) is 10.2. The molecule has 0 aliphatic heterocycles. The second kappa shape index (κ2) is 6.65. The van der Waals surface area contributed by atoms with E-state index in [1.165, 1.54) is 6.42 Å². The van der Waals surface area contributed by atoms with Crippen molar-refractivity contribution in [3.8, 4) is 0 Å². The highest BCUT2D eigenvalue weighted by Gasteiger charge is 2.18. The summed E-state index contributed by atoms with van der Waals surface area (Å²) in [7, 11) is 0. The quantitative estimate of drug-likeness (QED) is 0.558. The van der Waals surface area contributed by atoms with Gasteiger partial charge in [-0.3, -0.25) is 0 Å². The number of rotatable bonds is 6. The van der Waals surface area contributed by atoms with Crippen molar-refractivity contribution in [2.45, 2.75) is 44.6 Å². The van der Waals surface area contributed by atoms with E-state index in [0.717, 1.165) is 45.2 Å². The van der Waals surface area contributed by atoms with Crippen LogP contribution in [-0.4, -0.2) is 25.2 Å². The molecule has 1 fully saturated rings. The first kappa shape index (κ1) is 11.3. The Bertz CT molecular complexity index is 169. The Morgan fingerprint density at radius 2 is 2.07 bits per heavy atom. The molecule has 0 saturated heterocycles. The number of unbranched alkanes of at least 4 members (excludes halogenated alkanes) is 2. The third-order valence-corrected chi connectivity index (χ3v) is 2.61. The number of urea groups is 1. The van der Waals surface area contributed by atoms with E-state index in [4.69, 9.17) is 5.73 Å². The van der Waals surface area contributed by atoms with Gasteiger partial charge in [0.15, 0.2) is 0 Å². The van der Waals surface area contributed by atoms with E-state index in [9.17, 15) is 4.79 Å². The molecular weight excluding hydrogens is 178 g/mol. The summed E-state index contributed by atoms with van der Waals surface area (Å²) in [5.41, 5.74) is 5.36. The second-order valence-electron chi connectivity index (χ2n) is 3.88. The minimum Gasteiger partial charge on any atom is -0.338 e. The fraction of sp³-hybridized carbons (Fsp3) is 0.900. The number of carbonyl (C=O) groups is 1. The van der Waals surface area contributed by atoms with E-state index in [1.54, 1.807) is 0 Å². The molecular formula is C10H21N3O. The summed E-state index contributed by atoms with van der Waals surface area (Å²) in [6.45, 7) is 1.51. The van der Waals surface area contributed by atoms with E-state index >= 15 is 0 Å². The lowest BCUT2D eigenvalue weighted by Gasteiger charge is -2.26. The molecule has 0 aromatic carbocycles. The molecule has 1 aliphatic carbocycles. The summed E-state index contributed by atoms with van der Waals surface area (Å²) < 4.78 is 0. The third kappa shape index (κ3) is 4.46. The maximum atomic E-state index is 11.2. The molecule has 4 nitrogen and oxygen atoms in total. The van der Waals surface area contributed by atoms with Crippen LogP contribution in [0.1, 0.15) is 38.5 Å². The number of amides is 2. The molecule has 2 amide bonds. The molecule has 0 spiro atoms. The van der Waals surface area contributed by atoms with Crippen LogP contribution in [0.5, 0.6) is 0 Å². The number of nitrogens with one attached hydrogen (secondary N) is 2. The van der Waals surface area contributed by atoms with Crippen LogP contribution >= 0.6 is 0 Å². The molecule has 14 heavy (non-hydrogen) atoms. The van der Waals surface area contributed by atoms with Crippen molar-refractivity contribution >= 4 is 6.03 Å². The first-order valence-corrected chi connectivity index (χ1v) is 5.57. The first-order chi connectivity index (χ1) is 6.83. The predicted molar refractivity (Wildman–Crippen MR) is 57.1 cm³/mol. The van der Waals surface area contributed by atoms with Gasteiger partial charge >= 0.3 is 6.03 Å². The van der Waals surface area contributed by atoms with Gasteiger partial charge in [-0.25, -0.2) is 4.79 Å². The average molecular weight is 199 g/mol. The fourth-order valence-corrected chi connectivity index (χ4v) is 1.44. The molecule has 1 rings (SSSR count). The number of hydrogen-bond donors (Lipinski definition) is 3. The molecule has 0 radical (unpaired) electrons. The van der Waals surface area contributed by atoms with Crippen LogP contribution in [0.4, 0.5) is 4.79 Å². The van der Waals surface area contributed by atoms with Crippen molar-refractivity contribution < 1.29 is 4.79 Å². The van der Waals surface area contributed by atoms with Crippen molar-refractivity contribution in [2.75, 3.05) is 13.1 Å². The maximum absolute atomic E-state index is 11.2. The summed E-state index contributed by atoms with van der Waals surface area (Å²) in [6, 6.07) is 0.418. The van der Waals surface area contributed by atoms with Crippen molar-refractivity contribution in [1.29, 1.82) is 0 Å². The van der Waals surface area contributed by atoms with Crippen LogP contribution in [0.2, 0.25) is 0 Å². The van der Waals surface area contributed by atoms with E-state index in [0.29, 0.717) is 6.04 Å².